The van der Waals surface area contributed by atoms with E-state index >= 15 is 0 Å². The maximum atomic E-state index is 13.2. The molecule has 0 radical (unpaired) electrons. The van der Waals surface area contributed by atoms with Crippen LogP contribution in [0.1, 0.15) is 22.0 Å². The van der Waals surface area contributed by atoms with Crippen molar-refractivity contribution in [1.29, 1.82) is 0 Å². The van der Waals surface area contributed by atoms with Gasteiger partial charge in [0.25, 0.3) is 5.91 Å². The third kappa shape index (κ3) is 4.15. The lowest BCUT2D eigenvalue weighted by molar-refractivity contribution is -0.132. The van der Waals surface area contributed by atoms with Crippen LogP contribution in [0.15, 0.2) is 60.7 Å². The summed E-state index contributed by atoms with van der Waals surface area (Å²) in [6.45, 7) is 3.48. The van der Waals surface area contributed by atoms with Crippen LogP contribution in [0.3, 0.4) is 0 Å². The molecule has 0 spiro atoms. The van der Waals surface area contributed by atoms with Gasteiger partial charge in [0.05, 0.1) is 0 Å². The first-order chi connectivity index (χ1) is 12.7. The van der Waals surface area contributed by atoms with E-state index in [0.717, 1.165) is 31.7 Å². The van der Waals surface area contributed by atoms with E-state index in [1.54, 1.807) is 12.1 Å². The summed E-state index contributed by atoms with van der Waals surface area (Å²) in [5.74, 6) is 0.809. The van der Waals surface area contributed by atoms with Crippen LogP contribution in [-0.2, 0) is 4.79 Å². The summed E-state index contributed by atoms with van der Waals surface area (Å²) in [7, 11) is 0. The van der Waals surface area contributed by atoms with Gasteiger partial charge in [0.2, 0.25) is 5.91 Å². The van der Waals surface area contributed by atoms with Gasteiger partial charge in [-0.15, -0.1) is 12.4 Å². The molecule has 0 aromatic heterocycles. The Morgan fingerprint density at radius 2 is 1.48 bits per heavy atom. The van der Waals surface area contributed by atoms with Gasteiger partial charge in [0.15, 0.2) is 0 Å². The standard InChI is InChI=1S/C21H23N3O2.ClH/c25-20(16-9-5-2-6-10-16)23-19(15-7-3-1-4-8-15)21(26)24-13-17-11-22-12-18(17)14-24;/h1-10,17-19,22H,11-14H2,(H,23,25);1H/t17-,18+,19?;. The highest BCUT2D eigenvalue weighted by atomic mass is 35.5. The zero-order valence-electron chi connectivity index (χ0n) is 15.0. The van der Waals surface area contributed by atoms with Crippen molar-refractivity contribution in [2.45, 2.75) is 6.04 Å². The van der Waals surface area contributed by atoms with Crippen LogP contribution in [0.2, 0.25) is 0 Å². The van der Waals surface area contributed by atoms with Crippen molar-refractivity contribution < 1.29 is 9.59 Å². The molecule has 4 rings (SSSR count). The van der Waals surface area contributed by atoms with Gasteiger partial charge < -0.3 is 15.5 Å². The number of fused-ring (bicyclic) bond motifs is 1. The van der Waals surface area contributed by atoms with Crippen molar-refractivity contribution in [2.75, 3.05) is 26.2 Å². The fourth-order valence-corrected chi connectivity index (χ4v) is 3.96. The van der Waals surface area contributed by atoms with E-state index in [0.29, 0.717) is 17.4 Å². The highest BCUT2D eigenvalue weighted by Gasteiger charge is 2.40. The first kappa shape index (κ1) is 19.4. The predicted molar refractivity (Wildman–Crippen MR) is 107 cm³/mol. The molecular formula is C21H24ClN3O2. The molecule has 2 aliphatic heterocycles. The summed E-state index contributed by atoms with van der Waals surface area (Å²) in [6.07, 6.45) is 0. The zero-order valence-corrected chi connectivity index (χ0v) is 15.8. The van der Waals surface area contributed by atoms with Crippen molar-refractivity contribution in [3.63, 3.8) is 0 Å². The van der Waals surface area contributed by atoms with Crippen LogP contribution in [0.4, 0.5) is 0 Å². The lowest BCUT2D eigenvalue weighted by atomic mass is 10.0. The first-order valence-electron chi connectivity index (χ1n) is 9.13. The lowest BCUT2D eigenvalue weighted by Crippen LogP contribution is -2.43. The topological polar surface area (TPSA) is 61.4 Å². The number of rotatable bonds is 4. The molecule has 142 valence electrons. The summed E-state index contributed by atoms with van der Waals surface area (Å²) in [5.41, 5.74) is 1.38. The molecule has 1 unspecified atom stereocenters. The second-order valence-electron chi connectivity index (χ2n) is 7.10. The lowest BCUT2D eigenvalue weighted by Gasteiger charge is -2.25. The van der Waals surface area contributed by atoms with Crippen LogP contribution >= 0.6 is 12.4 Å². The van der Waals surface area contributed by atoms with Gasteiger partial charge in [-0.1, -0.05) is 48.5 Å². The maximum Gasteiger partial charge on any atom is 0.252 e. The minimum absolute atomic E-state index is 0. The molecule has 2 saturated heterocycles. The fraction of sp³-hybridized carbons (Fsp3) is 0.333. The minimum atomic E-state index is -0.657. The summed E-state index contributed by atoms with van der Waals surface area (Å²) in [4.78, 5) is 27.8. The molecule has 27 heavy (non-hydrogen) atoms. The normalized spacial score (nSPS) is 21.9. The Hall–Kier alpha value is -2.37. The zero-order chi connectivity index (χ0) is 17.9. The first-order valence-corrected chi connectivity index (χ1v) is 9.13. The van der Waals surface area contributed by atoms with Crippen molar-refractivity contribution in [3.8, 4) is 0 Å². The van der Waals surface area contributed by atoms with Crippen LogP contribution < -0.4 is 10.6 Å². The maximum absolute atomic E-state index is 13.2. The third-order valence-corrected chi connectivity index (χ3v) is 5.39. The number of amides is 2. The van der Waals surface area contributed by atoms with Crippen LogP contribution in [-0.4, -0.2) is 42.9 Å². The Morgan fingerprint density at radius 3 is 2.07 bits per heavy atom. The average molecular weight is 386 g/mol. The molecule has 2 N–H and O–H groups in total. The largest absolute Gasteiger partial charge is 0.340 e. The molecule has 2 aromatic carbocycles. The van der Waals surface area contributed by atoms with Crippen LogP contribution in [0, 0.1) is 11.8 Å². The van der Waals surface area contributed by atoms with Gasteiger partial charge in [0, 0.05) is 31.7 Å². The number of hydrogen-bond acceptors (Lipinski definition) is 3. The van der Waals surface area contributed by atoms with E-state index in [2.05, 4.69) is 10.6 Å². The third-order valence-electron chi connectivity index (χ3n) is 5.39. The van der Waals surface area contributed by atoms with Gasteiger partial charge in [-0.2, -0.15) is 0 Å². The molecule has 2 aromatic rings. The Labute approximate surface area is 165 Å². The molecule has 5 nitrogen and oxygen atoms in total. The van der Waals surface area contributed by atoms with E-state index in [4.69, 9.17) is 0 Å². The van der Waals surface area contributed by atoms with Gasteiger partial charge in [0.1, 0.15) is 6.04 Å². The number of halogens is 1. The SMILES string of the molecule is Cl.O=C(NC(C(=O)N1C[C@H]2CNC[C@H]2C1)c1ccccc1)c1ccccc1. The number of likely N-dealkylation sites (tertiary alicyclic amines) is 1. The fourth-order valence-electron chi connectivity index (χ4n) is 3.96. The van der Waals surface area contributed by atoms with Crippen LogP contribution in [0.5, 0.6) is 0 Å². The average Bonchev–Trinajstić information content (AvgIpc) is 3.29. The van der Waals surface area contributed by atoms with E-state index in [1.165, 1.54) is 0 Å². The van der Waals surface area contributed by atoms with E-state index < -0.39 is 6.04 Å². The van der Waals surface area contributed by atoms with Gasteiger partial charge in [-0.25, -0.2) is 0 Å². The summed E-state index contributed by atoms with van der Waals surface area (Å²) >= 11 is 0. The summed E-state index contributed by atoms with van der Waals surface area (Å²) in [6, 6.07) is 17.9. The van der Waals surface area contributed by atoms with E-state index in [-0.39, 0.29) is 24.2 Å². The Balaban J connectivity index is 0.00000210. The number of benzene rings is 2. The van der Waals surface area contributed by atoms with Crippen molar-refractivity contribution in [2.24, 2.45) is 11.8 Å². The van der Waals surface area contributed by atoms with Crippen LogP contribution in [0.25, 0.3) is 0 Å². The Bertz CT molecular complexity index is 773. The van der Waals surface area contributed by atoms with E-state index in [1.807, 2.05) is 53.4 Å². The second kappa shape index (κ2) is 8.55. The predicted octanol–water partition coefficient (Wildman–Crippen LogP) is 2.26. The highest BCUT2D eigenvalue weighted by molar-refractivity contribution is 5.97. The highest BCUT2D eigenvalue weighted by Crippen LogP contribution is 2.29. The molecule has 2 amide bonds. The molecular weight excluding hydrogens is 362 g/mol. The molecule has 0 aliphatic carbocycles. The number of carbonyl (C=O) groups is 2. The molecule has 2 aliphatic rings. The number of nitrogens with one attached hydrogen (secondary N) is 2. The summed E-state index contributed by atoms with van der Waals surface area (Å²) < 4.78 is 0. The molecule has 3 atom stereocenters. The minimum Gasteiger partial charge on any atom is -0.340 e. The van der Waals surface area contributed by atoms with E-state index in [9.17, 15) is 9.59 Å². The van der Waals surface area contributed by atoms with Crippen molar-refractivity contribution in [3.05, 3.63) is 71.8 Å². The molecule has 6 heteroatoms. The molecule has 2 heterocycles. The number of carbonyl (C=O) groups excluding carboxylic acids is 2. The second-order valence-corrected chi connectivity index (χ2v) is 7.10. The Morgan fingerprint density at radius 1 is 0.926 bits per heavy atom. The Kier molecular flexibility index (Phi) is 6.14. The number of hydrogen-bond donors (Lipinski definition) is 2. The van der Waals surface area contributed by atoms with Gasteiger partial charge >= 0.3 is 0 Å². The smallest absolute Gasteiger partial charge is 0.252 e. The monoisotopic (exact) mass is 385 g/mol. The summed E-state index contributed by atoms with van der Waals surface area (Å²) in [5, 5.41) is 6.34. The molecule has 2 fully saturated rings. The molecule has 0 bridgehead atoms. The van der Waals surface area contributed by atoms with Gasteiger partial charge in [-0.05, 0) is 29.5 Å². The van der Waals surface area contributed by atoms with Crippen molar-refractivity contribution >= 4 is 24.2 Å². The van der Waals surface area contributed by atoms with Gasteiger partial charge in [-0.3, -0.25) is 9.59 Å². The van der Waals surface area contributed by atoms with Crippen molar-refractivity contribution in [1.82, 2.24) is 15.5 Å². The quantitative estimate of drug-likeness (QED) is 0.848. The number of nitrogens with zero attached hydrogens (tertiary/aromatic N) is 1. The molecule has 0 saturated carbocycles.